The predicted molar refractivity (Wildman–Crippen MR) is 168 cm³/mol. The Kier molecular flexibility index (Phi) is 9.17. The molecule has 8 nitrogen and oxygen atoms in total. The quantitative estimate of drug-likeness (QED) is 0.141. The number of hydrogen-bond acceptors (Lipinski definition) is 7. The molecule has 9 heteroatoms. The molecular weight excluding hydrogens is 546 g/mol. The molecule has 1 aliphatic heterocycles. The third-order valence-corrected chi connectivity index (χ3v) is 8.03. The SMILES string of the molecule is CCCCSc1nc2n(n1)C(c1ccc(OCc3ccc(C)cc3)c(OC)c1)C(C(=O)Nc1cccc(C)c1)=C(C)N2. The summed E-state index contributed by atoms with van der Waals surface area (Å²) in [4.78, 5) is 18.6. The van der Waals surface area contributed by atoms with E-state index in [0.29, 0.717) is 40.5 Å². The number of amides is 1. The zero-order chi connectivity index (χ0) is 29.6. The zero-order valence-electron chi connectivity index (χ0n) is 24.7. The van der Waals surface area contributed by atoms with Gasteiger partial charge in [-0.1, -0.05) is 73.1 Å². The fraction of sp³-hybridized carbons (Fsp3) is 0.303. The van der Waals surface area contributed by atoms with Crippen molar-refractivity contribution in [2.24, 2.45) is 0 Å². The van der Waals surface area contributed by atoms with Gasteiger partial charge in [0.2, 0.25) is 11.1 Å². The summed E-state index contributed by atoms with van der Waals surface area (Å²) in [5.74, 6) is 2.52. The maximum absolute atomic E-state index is 13.9. The van der Waals surface area contributed by atoms with Crippen molar-refractivity contribution in [3.8, 4) is 11.5 Å². The minimum atomic E-state index is -0.529. The number of unbranched alkanes of at least 4 members (excludes halogenated alkanes) is 1. The van der Waals surface area contributed by atoms with Crippen molar-refractivity contribution in [3.05, 3.63) is 100 Å². The average molecular weight is 584 g/mol. The van der Waals surface area contributed by atoms with Gasteiger partial charge in [-0.3, -0.25) is 4.79 Å². The number of hydrogen-bond donors (Lipinski definition) is 2. The largest absolute Gasteiger partial charge is 0.493 e. The van der Waals surface area contributed by atoms with Gasteiger partial charge in [0.1, 0.15) is 12.6 Å². The van der Waals surface area contributed by atoms with Gasteiger partial charge in [-0.05, 0) is 68.1 Å². The Hall–Kier alpha value is -4.24. The fourth-order valence-electron chi connectivity index (χ4n) is 4.84. The molecule has 2 N–H and O–H groups in total. The first-order chi connectivity index (χ1) is 20.4. The highest BCUT2D eigenvalue weighted by Gasteiger charge is 2.35. The molecule has 42 heavy (non-hydrogen) atoms. The summed E-state index contributed by atoms with van der Waals surface area (Å²) < 4.78 is 13.7. The summed E-state index contributed by atoms with van der Waals surface area (Å²) in [6.45, 7) is 8.54. The number of methoxy groups -OCH3 is 1. The van der Waals surface area contributed by atoms with Crippen LogP contribution >= 0.6 is 11.8 Å². The third-order valence-electron chi connectivity index (χ3n) is 7.10. The van der Waals surface area contributed by atoms with Crippen LogP contribution in [0, 0.1) is 13.8 Å². The van der Waals surface area contributed by atoms with Crippen LogP contribution in [-0.2, 0) is 11.4 Å². The maximum atomic E-state index is 13.9. The number of aryl methyl sites for hydroxylation is 2. The van der Waals surface area contributed by atoms with Gasteiger partial charge in [-0.25, -0.2) is 4.68 Å². The van der Waals surface area contributed by atoms with Gasteiger partial charge < -0.3 is 20.1 Å². The van der Waals surface area contributed by atoms with Crippen molar-refractivity contribution in [3.63, 3.8) is 0 Å². The zero-order valence-corrected chi connectivity index (χ0v) is 25.5. The van der Waals surface area contributed by atoms with E-state index in [1.807, 2.05) is 56.3 Å². The molecule has 1 amide bonds. The molecule has 3 aromatic carbocycles. The maximum Gasteiger partial charge on any atom is 0.255 e. The molecule has 0 radical (unpaired) electrons. The smallest absolute Gasteiger partial charge is 0.255 e. The van der Waals surface area contributed by atoms with Crippen LogP contribution in [0.1, 0.15) is 55.0 Å². The van der Waals surface area contributed by atoms with Crippen LogP contribution in [0.3, 0.4) is 0 Å². The van der Waals surface area contributed by atoms with Crippen molar-refractivity contribution in [1.29, 1.82) is 0 Å². The molecule has 2 heterocycles. The van der Waals surface area contributed by atoms with E-state index in [1.54, 1.807) is 23.6 Å². The highest BCUT2D eigenvalue weighted by molar-refractivity contribution is 7.99. The third kappa shape index (κ3) is 6.62. The number of ether oxygens (including phenoxy) is 2. The standard InChI is InChI=1S/C33H37N5O3S/c1-6-7-17-42-33-36-32-34-23(4)29(31(39)35-26-10-8-9-22(3)18-26)30(38(32)37-33)25-15-16-27(28(19-25)40-5)41-20-24-13-11-21(2)12-14-24/h8-16,18-19,30H,6-7,17,20H2,1-5H3,(H,35,39)(H,34,36,37). The van der Waals surface area contributed by atoms with Crippen molar-refractivity contribution in [2.75, 3.05) is 23.5 Å². The van der Waals surface area contributed by atoms with Crippen LogP contribution in [0.4, 0.5) is 11.6 Å². The average Bonchev–Trinajstić information content (AvgIpc) is 3.38. The topological polar surface area (TPSA) is 90.3 Å². The number of carbonyl (C=O) groups excluding carboxylic acids is 1. The monoisotopic (exact) mass is 583 g/mol. The second-order valence-corrected chi connectivity index (χ2v) is 11.5. The second kappa shape index (κ2) is 13.2. The number of fused-ring (bicyclic) bond motifs is 1. The molecule has 0 spiro atoms. The molecule has 0 saturated carbocycles. The van der Waals surface area contributed by atoms with Gasteiger partial charge in [-0.2, -0.15) is 4.98 Å². The molecule has 0 saturated heterocycles. The molecule has 5 rings (SSSR count). The Labute approximate surface area is 251 Å². The van der Waals surface area contributed by atoms with E-state index in [2.05, 4.69) is 48.7 Å². The summed E-state index contributed by atoms with van der Waals surface area (Å²) in [5, 5.41) is 11.9. The lowest BCUT2D eigenvalue weighted by Crippen LogP contribution is -2.31. The summed E-state index contributed by atoms with van der Waals surface area (Å²) in [7, 11) is 1.62. The molecule has 0 bridgehead atoms. The Balaban J connectivity index is 1.50. The normalized spacial score (nSPS) is 14.3. The summed E-state index contributed by atoms with van der Waals surface area (Å²) in [6.07, 6.45) is 2.18. The summed E-state index contributed by atoms with van der Waals surface area (Å²) in [6, 6.07) is 21.3. The van der Waals surface area contributed by atoms with Crippen molar-refractivity contribution in [1.82, 2.24) is 14.8 Å². The van der Waals surface area contributed by atoms with Crippen LogP contribution in [0.15, 0.2) is 83.2 Å². The van der Waals surface area contributed by atoms with Crippen LogP contribution in [0.5, 0.6) is 11.5 Å². The number of rotatable bonds is 11. The first-order valence-electron chi connectivity index (χ1n) is 14.2. The number of allylic oxidation sites excluding steroid dienone is 1. The van der Waals surface area contributed by atoms with E-state index in [1.165, 1.54) is 5.56 Å². The van der Waals surface area contributed by atoms with Gasteiger partial charge in [0.05, 0.1) is 12.7 Å². The molecular formula is C33H37N5O3S. The molecule has 1 aromatic heterocycles. The first kappa shape index (κ1) is 29.3. The van der Waals surface area contributed by atoms with Gasteiger partial charge >= 0.3 is 0 Å². The Morgan fingerprint density at radius 3 is 2.57 bits per heavy atom. The molecule has 1 unspecified atom stereocenters. The molecule has 0 fully saturated rings. The number of aromatic nitrogens is 3. The lowest BCUT2D eigenvalue weighted by molar-refractivity contribution is -0.113. The van der Waals surface area contributed by atoms with Crippen LogP contribution in [-0.4, -0.2) is 33.5 Å². The predicted octanol–water partition coefficient (Wildman–Crippen LogP) is 7.30. The van der Waals surface area contributed by atoms with Crippen LogP contribution in [0.25, 0.3) is 0 Å². The molecule has 4 aromatic rings. The minimum Gasteiger partial charge on any atom is -0.493 e. The van der Waals surface area contributed by atoms with Gasteiger partial charge in [0, 0.05) is 17.1 Å². The first-order valence-corrected chi connectivity index (χ1v) is 15.2. The highest BCUT2D eigenvalue weighted by atomic mass is 32.2. The second-order valence-electron chi connectivity index (χ2n) is 10.4. The van der Waals surface area contributed by atoms with E-state index in [0.717, 1.165) is 41.0 Å². The minimum absolute atomic E-state index is 0.212. The summed E-state index contributed by atoms with van der Waals surface area (Å²) in [5.41, 5.74) is 6.17. The van der Waals surface area contributed by atoms with Crippen molar-refractivity contribution in [2.45, 2.75) is 58.3 Å². The van der Waals surface area contributed by atoms with Crippen molar-refractivity contribution >= 4 is 29.3 Å². The van der Waals surface area contributed by atoms with Gasteiger partial charge in [-0.15, -0.1) is 5.10 Å². The number of thioether (sulfide) groups is 1. The van der Waals surface area contributed by atoms with E-state index in [9.17, 15) is 4.79 Å². The number of nitrogens with zero attached hydrogens (tertiary/aromatic N) is 3. The van der Waals surface area contributed by atoms with Gasteiger partial charge in [0.15, 0.2) is 11.5 Å². The summed E-state index contributed by atoms with van der Waals surface area (Å²) >= 11 is 1.62. The van der Waals surface area contributed by atoms with E-state index < -0.39 is 6.04 Å². The lowest BCUT2D eigenvalue weighted by Gasteiger charge is -2.29. The van der Waals surface area contributed by atoms with Crippen molar-refractivity contribution < 1.29 is 14.3 Å². The van der Waals surface area contributed by atoms with Crippen LogP contribution < -0.4 is 20.1 Å². The molecule has 218 valence electrons. The van der Waals surface area contributed by atoms with E-state index in [4.69, 9.17) is 19.6 Å². The fourth-order valence-corrected chi connectivity index (χ4v) is 5.76. The Bertz CT molecular complexity index is 1600. The lowest BCUT2D eigenvalue weighted by atomic mass is 9.94. The molecule has 0 aliphatic carbocycles. The Morgan fingerprint density at radius 1 is 1.02 bits per heavy atom. The van der Waals surface area contributed by atoms with E-state index >= 15 is 0 Å². The number of nitrogens with one attached hydrogen (secondary N) is 2. The molecule has 1 aliphatic rings. The Morgan fingerprint density at radius 2 is 1.83 bits per heavy atom. The highest BCUT2D eigenvalue weighted by Crippen LogP contribution is 2.40. The van der Waals surface area contributed by atoms with Gasteiger partial charge in [0.25, 0.3) is 5.91 Å². The number of benzene rings is 3. The van der Waals surface area contributed by atoms with Crippen LogP contribution in [0.2, 0.25) is 0 Å². The van der Waals surface area contributed by atoms with E-state index in [-0.39, 0.29) is 5.91 Å². The molecule has 1 atom stereocenters. The number of carbonyl (C=O) groups is 1. The number of anilines is 2.